The van der Waals surface area contributed by atoms with Gasteiger partial charge in [0.2, 0.25) is 0 Å². The fraction of sp³-hybridized carbons (Fsp3) is 0.600. The average molecular weight is 232 g/mol. The molecule has 0 saturated carbocycles. The zero-order chi connectivity index (χ0) is 12.3. The minimum absolute atomic E-state index is 0.515. The van der Waals surface area contributed by atoms with Crippen LogP contribution in [0.15, 0.2) is 30.3 Å². The second-order valence-corrected chi connectivity index (χ2v) is 5.54. The van der Waals surface area contributed by atoms with Gasteiger partial charge in [-0.15, -0.1) is 0 Å². The van der Waals surface area contributed by atoms with Gasteiger partial charge in [0, 0.05) is 19.1 Å². The standard InChI is InChI=1S/C15H24N2/c1-13-9-10-17(11-13)12-15(16(2)3)14-7-5-4-6-8-14/h4-8,13,15H,9-12H2,1-3H3. The van der Waals surface area contributed by atoms with Crippen LogP contribution >= 0.6 is 0 Å². The number of nitrogens with zero attached hydrogens (tertiary/aromatic N) is 2. The summed E-state index contributed by atoms with van der Waals surface area (Å²) in [5.74, 6) is 0.869. The molecule has 94 valence electrons. The zero-order valence-corrected chi connectivity index (χ0v) is 11.3. The molecule has 2 heteroatoms. The van der Waals surface area contributed by atoms with E-state index in [1.807, 2.05) is 0 Å². The quantitative estimate of drug-likeness (QED) is 0.787. The Bertz CT molecular complexity index is 334. The van der Waals surface area contributed by atoms with Crippen molar-refractivity contribution in [3.05, 3.63) is 35.9 Å². The molecule has 0 aromatic heterocycles. The molecular weight excluding hydrogens is 208 g/mol. The van der Waals surface area contributed by atoms with E-state index in [0.717, 1.165) is 12.5 Å². The van der Waals surface area contributed by atoms with Gasteiger partial charge in [-0.25, -0.2) is 0 Å². The summed E-state index contributed by atoms with van der Waals surface area (Å²) in [5.41, 5.74) is 1.43. The Morgan fingerprint density at radius 1 is 1.29 bits per heavy atom. The van der Waals surface area contributed by atoms with Gasteiger partial charge in [-0.3, -0.25) is 0 Å². The maximum atomic E-state index is 2.60. The molecule has 2 nitrogen and oxygen atoms in total. The summed E-state index contributed by atoms with van der Waals surface area (Å²) in [4.78, 5) is 4.93. The van der Waals surface area contributed by atoms with E-state index >= 15 is 0 Å². The normalized spacial score (nSPS) is 23.2. The monoisotopic (exact) mass is 232 g/mol. The van der Waals surface area contributed by atoms with Gasteiger partial charge in [0.05, 0.1) is 0 Å². The first-order valence-electron chi connectivity index (χ1n) is 6.60. The molecule has 0 spiro atoms. The molecule has 1 aromatic carbocycles. The van der Waals surface area contributed by atoms with E-state index in [2.05, 4.69) is 61.2 Å². The van der Waals surface area contributed by atoms with E-state index in [0.29, 0.717) is 6.04 Å². The van der Waals surface area contributed by atoms with Gasteiger partial charge < -0.3 is 9.80 Å². The Labute approximate surface area is 105 Å². The molecule has 0 N–H and O–H groups in total. The van der Waals surface area contributed by atoms with Gasteiger partial charge >= 0.3 is 0 Å². The second-order valence-electron chi connectivity index (χ2n) is 5.54. The number of benzene rings is 1. The predicted octanol–water partition coefficient (Wildman–Crippen LogP) is 2.63. The van der Waals surface area contributed by atoms with E-state index in [1.165, 1.54) is 25.1 Å². The van der Waals surface area contributed by atoms with E-state index in [-0.39, 0.29) is 0 Å². The lowest BCUT2D eigenvalue weighted by Crippen LogP contribution is -2.33. The Kier molecular flexibility index (Phi) is 4.19. The van der Waals surface area contributed by atoms with Crippen LogP contribution in [-0.2, 0) is 0 Å². The number of rotatable bonds is 4. The third-order valence-electron chi connectivity index (χ3n) is 3.75. The third kappa shape index (κ3) is 3.30. The summed E-state index contributed by atoms with van der Waals surface area (Å²) >= 11 is 0. The Morgan fingerprint density at radius 2 is 2.00 bits per heavy atom. The van der Waals surface area contributed by atoms with Crippen LogP contribution in [0.5, 0.6) is 0 Å². The lowest BCUT2D eigenvalue weighted by molar-refractivity contribution is 0.206. The van der Waals surface area contributed by atoms with Crippen LogP contribution in [0.1, 0.15) is 24.9 Å². The maximum Gasteiger partial charge on any atom is 0.0469 e. The van der Waals surface area contributed by atoms with Crippen LogP contribution in [0.2, 0.25) is 0 Å². The Balaban J connectivity index is 2.03. The van der Waals surface area contributed by atoms with Gasteiger partial charge in [0.15, 0.2) is 0 Å². The van der Waals surface area contributed by atoms with Crippen molar-refractivity contribution in [3.8, 4) is 0 Å². The van der Waals surface area contributed by atoms with E-state index in [4.69, 9.17) is 0 Å². The molecule has 2 rings (SSSR count). The summed E-state index contributed by atoms with van der Waals surface area (Å²) in [5, 5.41) is 0. The van der Waals surface area contributed by atoms with Crippen molar-refractivity contribution < 1.29 is 0 Å². The molecule has 1 fully saturated rings. The lowest BCUT2D eigenvalue weighted by atomic mass is 10.1. The predicted molar refractivity (Wildman–Crippen MR) is 73.1 cm³/mol. The van der Waals surface area contributed by atoms with E-state index in [1.54, 1.807) is 0 Å². The van der Waals surface area contributed by atoms with E-state index < -0.39 is 0 Å². The van der Waals surface area contributed by atoms with Crippen LogP contribution in [0, 0.1) is 5.92 Å². The Hall–Kier alpha value is -0.860. The van der Waals surface area contributed by atoms with Crippen molar-refractivity contribution >= 4 is 0 Å². The highest BCUT2D eigenvalue weighted by molar-refractivity contribution is 5.19. The highest BCUT2D eigenvalue weighted by Gasteiger charge is 2.23. The fourth-order valence-corrected chi connectivity index (χ4v) is 2.68. The molecule has 0 radical (unpaired) electrons. The molecule has 1 aromatic rings. The SMILES string of the molecule is CC1CCN(CC(c2ccccc2)N(C)C)C1. The minimum Gasteiger partial charge on any atom is -0.301 e. The van der Waals surface area contributed by atoms with Crippen LogP contribution in [0.3, 0.4) is 0 Å². The first kappa shape index (κ1) is 12.6. The number of hydrogen-bond acceptors (Lipinski definition) is 2. The summed E-state index contributed by atoms with van der Waals surface area (Å²) in [7, 11) is 4.36. The van der Waals surface area contributed by atoms with Crippen molar-refractivity contribution in [2.75, 3.05) is 33.7 Å². The largest absolute Gasteiger partial charge is 0.301 e. The molecule has 1 aliphatic heterocycles. The molecule has 0 amide bonds. The molecule has 1 aliphatic rings. The second kappa shape index (κ2) is 5.65. The molecular formula is C15H24N2. The molecule has 2 atom stereocenters. The maximum absolute atomic E-state index is 2.60. The summed E-state index contributed by atoms with van der Waals surface area (Å²) in [6, 6.07) is 11.4. The first-order chi connectivity index (χ1) is 8.16. The van der Waals surface area contributed by atoms with Crippen LogP contribution in [0.25, 0.3) is 0 Å². The van der Waals surface area contributed by atoms with Gasteiger partial charge in [0.1, 0.15) is 0 Å². The van der Waals surface area contributed by atoms with Gasteiger partial charge in [-0.1, -0.05) is 37.3 Å². The number of likely N-dealkylation sites (tertiary alicyclic amines) is 1. The molecule has 0 bridgehead atoms. The molecule has 17 heavy (non-hydrogen) atoms. The average Bonchev–Trinajstić information content (AvgIpc) is 2.73. The van der Waals surface area contributed by atoms with Gasteiger partial charge in [0.25, 0.3) is 0 Å². The van der Waals surface area contributed by atoms with Crippen molar-refractivity contribution in [1.29, 1.82) is 0 Å². The van der Waals surface area contributed by atoms with Crippen LogP contribution < -0.4 is 0 Å². The fourth-order valence-electron chi connectivity index (χ4n) is 2.68. The van der Waals surface area contributed by atoms with Crippen LogP contribution in [-0.4, -0.2) is 43.5 Å². The van der Waals surface area contributed by atoms with Gasteiger partial charge in [-0.05, 0) is 38.5 Å². The molecule has 2 unspecified atom stereocenters. The Morgan fingerprint density at radius 3 is 2.53 bits per heavy atom. The zero-order valence-electron chi connectivity index (χ0n) is 11.3. The summed E-state index contributed by atoms with van der Waals surface area (Å²) in [6.07, 6.45) is 1.36. The van der Waals surface area contributed by atoms with Crippen molar-refractivity contribution in [3.63, 3.8) is 0 Å². The smallest absolute Gasteiger partial charge is 0.0469 e. The summed E-state index contributed by atoms with van der Waals surface area (Å²) in [6.45, 7) is 6.03. The molecule has 1 saturated heterocycles. The van der Waals surface area contributed by atoms with Crippen molar-refractivity contribution in [2.24, 2.45) is 5.92 Å². The molecule has 0 aliphatic carbocycles. The van der Waals surface area contributed by atoms with Gasteiger partial charge in [-0.2, -0.15) is 0 Å². The number of hydrogen-bond donors (Lipinski definition) is 0. The lowest BCUT2D eigenvalue weighted by Gasteiger charge is -2.29. The third-order valence-corrected chi connectivity index (χ3v) is 3.75. The topological polar surface area (TPSA) is 6.48 Å². The molecule has 1 heterocycles. The summed E-state index contributed by atoms with van der Waals surface area (Å²) < 4.78 is 0. The van der Waals surface area contributed by atoms with Crippen molar-refractivity contribution in [2.45, 2.75) is 19.4 Å². The highest BCUT2D eigenvalue weighted by atomic mass is 15.2. The van der Waals surface area contributed by atoms with E-state index in [9.17, 15) is 0 Å². The van der Waals surface area contributed by atoms with Crippen molar-refractivity contribution in [1.82, 2.24) is 9.80 Å². The highest BCUT2D eigenvalue weighted by Crippen LogP contribution is 2.23. The first-order valence-corrected chi connectivity index (χ1v) is 6.60. The number of likely N-dealkylation sites (N-methyl/N-ethyl adjacent to an activating group) is 1. The van der Waals surface area contributed by atoms with Crippen LogP contribution in [0.4, 0.5) is 0 Å². The minimum atomic E-state index is 0.515.